The van der Waals surface area contributed by atoms with Crippen molar-refractivity contribution in [2.45, 2.75) is 77.4 Å². The number of nitrogens with one attached hydrogen (secondary N) is 1. The van der Waals surface area contributed by atoms with Gasteiger partial charge in [-0.2, -0.15) is 0 Å². The number of carboxylic acid groups (broad SMARTS) is 1. The van der Waals surface area contributed by atoms with Crippen molar-refractivity contribution in [3.8, 4) is 11.5 Å². The highest BCUT2D eigenvalue weighted by molar-refractivity contribution is 5.81. The van der Waals surface area contributed by atoms with E-state index in [-0.39, 0.29) is 12.0 Å². The van der Waals surface area contributed by atoms with Gasteiger partial charge in [0.1, 0.15) is 29.1 Å². The average molecular weight is 524 g/mol. The van der Waals surface area contributed by atoms with Crippen LogP contribution in [0, 0.1) is 5.92 Å². The Hall–Kier alpha value is -3.13. The molecular weight excluding hydrogens is 482 g/mol. The third kappa shape index (κ3) is 7.04. The molecule has 8 nitrogen and oxygen atoms in total. The van der Waals surface area contributed by atoms with Gasteiger partial charge < -0.3 is 19.9 Å². The summed E-state index contributed by atoms with van der Waals surface area (Å²) in [5.41, 5.74) is 2.99. The number of aryl methyl sites for hydroxylation is 2. The van der Waals surface area contributed by atoms with Crippen LogP contribution in [-0.2, 0) is 22.4 Å². The van der Waals surface area contributed by atoms with Gasteiger partial charge in [-0.1, -0.05) is 6.07 Å². The molecule has 0 aliphatic carbocycles. The second-order valence-electron chi connectivity index (χ2n) is 10.6. The molecule has 0 amide bonds. The van der Waals surface area contributed by atoms with Crippen molar-refractivity contribution in [3.05, 3.63) is 47.2 Å². The number of anilines is 1. The van der Waals surface area contributed by atoms with Gasteiger partial charge in [0.05, 0.1) is 13.2 Å². The topological polar surface area (TPSA) is 101 Å². The Kier molecular flexibility index (Phi) is 9.61. The maximum Gasteiger partial charge on any atom is 0.325 e. The number of hydrogen-bond acceptors (Lipinski definition) is 7. The molecule has 0 unspecified atom stereocenters. The molecule has 0 spiro atoms. The number of piperidine rings is 1. The minimum Gasteiger partial charge on any atom is -0.497 e. The predicted octanol–water partition coefficient (Wildman–Crippen LogP) is 5.06. The van der Waals surface area contributed by atoms with Gasteiger partial charge in [0.25, 0.3) is 0 Å². The molecule has 1 fully saturated rings. The molecule has 206 valence electrons. The number of fused-ring (bicyclic) bond motifs is 1. The van der Waals surface area contributed by atoms with Crippen LogP contribution in [0.2, 0.25) is 0 Å². The van der Waals surface area contributed by atoms with Gasteiger partial charge in [0, 0.05) is 36.2 Å². The standard InChI is InChI=1S/C30H41N3O5/c1-20(2)38-27-19-24(37-3)12-13-25(27)28(30(35)36)33-17-14-21(15-18-33)26(34)9-5-4-8-23-11-10-22-7-6-16-31-29(22)32-23/h10-13,19-21,28H,4-9,14-18H2,1-3H3,(H,31,32)(H,35,36)/t28-/m0/s1. The van der Waals surface area contributed by atoms with Gasteiger partial charge in [-0.15, -0.1) is 0 Å². The SMILES string of the molecule is COc1ccc([C@@H](C(=O)O)N2CCC(C(=O)CCCCc3ccc4c(n3)NCCC4)CC2)c(OC(C)C)c1. The summed E-state index contributed by atoms with van der Waals surface area (Å²) in [6.45, 7) is 5.93. The van der Waals surface area contributed by atoms with E-state index in [4.69, 9.17) is 14.5 Å². The lowest BCUT2D eigenvalue weighted by Crippen LogP contribution is -2.41. The van der Waals surface area contributed by atoms with Crippen LogP contribution in [0.3, 0.4) is 0 Å². The number of methoxy groups -OCH3 is 1. The number of aliphatic carboxylic acids is 1. The van der Waals surface area contributed by atoms with Gasteiger partial charge in [-0.05, 0) is 95.6 Å². The third-order valence-corrected chi connectivity index (χ3v) is 7.52. The van der Waals surface area contributed by atoms with Crippen LogP contribution in [0.5, 0.6) is 11.5 Å². The number of ether oxygens (including phenoxy) is 2. The number of nitrogens with zero attached hydrogens (tertiary/aromatic N) is 2. The normalized spacial score (nSPS) is 16.9. The number of unbranched alkanes of at least 4 members (excludes halogenated alkanes) is 1. The fourth-order valence-corrected chi connectivity index (χ4v) is 5.51. The van der Waals surface area contributed by atoms with E-state index in [0.717, 1.165) is 50.2 Å². The van der Waals surface area contributed by atoms with Crippen molar-refractivity contribution in [3.63, 3.8) is 0 Å². The molecule has 8 heteroatoms. The highest BCUT2D eigenvalue weighted by atomic mass is 16.5. The molecule has 0 saturated carbocycles. The van der Waals surface area contributed by atoms with Crippen molar-refractivity contribution in [2.75, 3.05) is 32.1 Å². The number of ketones is 1. The van der Waals surface area contributed by atoms with Crippen molar-refractivity contribution < 1.29 is 24.2 Å². The third-order valence-electron chi connectivity index (χ3n) is 7.52. The molecule has 1 aromatic heterocycles. The Balaban J connectivity index is 1.28. The number of carboxylic acids is 1. The van der Waals surface area contributed by atoms with Crippen molar-refractivity contribution in [2.24, 2.45) is 5.92 Å². The van der Waals surface area contributed by atoms with Gasteiger partial charge in [-0.3, -0.25) is 14.5 Å². The number of likely N-dealkylation sites (tertiary alicyclic amines) is 1. The molecule has 0 radical (unpaired) electrons. The Morgan fingerprint density at radius 2 is 1.95 bits per heavy atom. The van der Waals surface area contributed by atoms with Gasteiger partial charge in [0.15, 0.2) is 0 Å². The van der Waals surface area contributed by atoms with E-state index < -0.39 is 12.0 Å². The maximum absolute atomic E-state index is 12.9. The van der Waals surface area contributed by atoms with Crippen molar-refractivity contribution >= 4 is 17.6 Å². The first-order valence-corrected chi connectivity index (χ1v) is 13.9. The number of rotatable bonds is 12. The molecule has 1 aromatic carbocycles. The zero-order chi connectivity index (χ0) is 27.1. The number of hydrogen-bond donors (Lipinski definition) is 2. The molecular formula is C30H41N3O5. The van der Waals surface area contributed by atoms with E-state index in [1.807, 2.05) is 18.7 Å². The molecule has 38 heavy (non-hydrogen) atoms. The molecule has 2 N–H and O–H groups in total. The van der Waals surface area contributed by atoms with E-state index in [0.29, 0.717) is 55.2 Å². The lowest BCUT2D eigenvalue weighted by Gasteiger charge is -2.36. The summed E-state index contributed by atoms with van der Waals surface area (Å²) in [5.74, 6) is 1.54. The molecule has 1 atom stereocenters. The Labute approximate surface area is 225 Å². The summed E-state index contributed by atoms with van der Waals surface area (Å²) in [6.07, 6.45) is 6.74. The van der Waals surface area contributed by atoms with Crippen LogP contribution in [0.1, 0.15) is 75.2 Å². The molecule has 2 aliphatic heterocycles. The Morgan fingerprint density at radius 3 is 2.66 bits per heavy atom. The number of carbonyl (C=O) groups excluding carboxylic acids is 1. The van der Waals surface area contributed by atoms with E-state index >= 15 is 0 Å². The van der Waals surface area contributed by atoms with Crippen LogP contribution in [-0.4, -0.2) is 59.6 Å². The molecule has 4 rings (SSSR count). The van der Waals surface area contributed by atoms with Gasteiger partial charge in [0.2, 0.25) is 0 Å². The van der Waals surface area contributed by atoms with Crippen molar-refractivity contribution in [1.29, 1.82) is 0 Å². The number of benzene rings is 1. The Bertz CT molecular complexity index is 1110. The summed E-state index contributed by atoms with van der Waals surface area (Å²) in [7, 11) is 1.58. The van der Waals surface area contributed by atoms with Crippen LogP contribution in [0.25, 0.3) is 0 Å². The number of pyridine rings is 1. The number of carbonyl (C=O) groups is 2. The minimum atomic E-state index is -0.917. The lowest BCUT2D eigenvalue weighted by atomic mass is 9.88. The fraction of sp³-hybridized carbons (Fsp3) is 0.567. The zero-order valence-corrected chi connectivity index (χ0v) is 22.9. The number of Topliss-reactive ketones (excluding diaryl/α,β-unsaturated/α-hetero) is 1. The van der Waals surface area contributed by atoms with E-state index in [1.54, 1.807) is 25.3 Å². The summed E-state index contributed by atoms with van der Waals surface area (Å²) in [4.78, 5) is 32.0. The number of aromatic nitrogens is 1. The smallest absolute Gasteiger partial charge is 0.325 e. The van der Waals surface area contributed by atoms with Gasteiger partial charge in [-0.25, -0.2) is 4.98 Å². The minimum absolute atomic E-state index is 0.00554. The molecule has 0 bridgehead atoms. The second-order valence-corrected chi connectivity index (χ2v) is 10.6. The molecule has 2 aromatic rings. The average Bonchev–Trinajstić information content (AvgIpc) is 2.91. The molecule has 2 aliphatic rings. The van der Waals surface area contributed by atoms with Crippen LogP contribution < -0.4 is 14.8 Å². The highest BCUT2D eigenvalue weighted by Gasteiger charge is 2.34. The molecule has 1 saturated heterocycles. The van der Waals surface area contributed by atoms with Crippen LogP contribution >= 0.6 is 0 Å². The summed E-state index contributed by atoms with van der Waals surface area (Å²) >= 11 is 0. The van der Waals surface area contributed by atoms with Gasteiger partial charge >= 0.3 is 5.97 Å². The molecule has 3 heterocycles. The first kappa shape index (κ1) is 27.9. The summed E-state index contributed by atoms with van der Waals surface area (Å²) < 4.78 is 11.3. The lowest BCUT2D eigenvalue weighted by molar-refractivity contribution is -0.144. The Morgan fingerprint density at radius 1 is 1.16 bits per heavy atom. The summed E-state index contributed by atoms with van der Waals surface area (Å²) in [6, 6.07) is 8.76. The monoisotopic (exact) mass is 523 g/mol. The van der Waals surface area contributed by atoms with Crippen LogP contribution in [0.4, 0.5) is 5.82 Å². The van der Waals surface area contributed by atoms with E-state index in [9.17, 15) is 14.7 Å². The van der Waals surface area contributed by atoms with Crippen LogP contribution in [0.15, 0.2) is 30.3 Å². The quantitative estimate of drug-likeness (QED) is 0.373. The van der Waals surface area contributed by atoms with Crippen molar-refractivity contribution in [1.82, 2.24) is 9.88 Å². The summed E-state index contributed by atoms with van der Waals surface area (Å²) in [5, 5.41) is 13.5. The van der Waals surface area contributed by atoms with E-state index in [2.05, 4.69) is 17.4 Å². The largest absolute Gasteiger partial charge is 0.497 e. The zero-order valence-electron chi connectivity index (χ0n) is 22.9. The highest BCUT2D eigenvalue weighted by Crippen LogP contribution is 2.36. The first-order chi connectivity index (χ1) is 18.4. The fourth-order valence-electron chi connectivity index (χ4n) is 5.51. The maximum atomic E-state index is 12.9. The first-order valence-electron chi connectivity index (χ1n) is 13.9. The van der Waals surface area contributed by atoms with E-state index in [1.165, 1.54) is 5.56 Å². The predicted molar refractivity (Wildman–Crippen MR) is 147 cm³/mol. The second kappa shape index (κ2) is 13.1.